The van der Waals surface area contributed by atoms with E-state index >= 15 is 0 Å². The lowest BCUT2D eigenvalue weighted by atomic mass is 9.91. The molecule has 0 atom stereocenters. The molecule has 188 valence electrons. The second kappa shape index (κ2) is 11.0. The molecule has 7 heteroatoms. The van der Waals surface area contributed by atoms with E-state index in [1.54, 1.807) is 13.3 Å². The van der Waals surface area contributed by atoms with Crippen LogP contribution >= 0.6 is 0 Å². The lowest BCUT2D eigenvalue weighted by Gasteiger charge is -2.32. The van der Waals surface area contributed by atoms with Crippen LogP contribution in [0.3, 0.4) is 0 Å². The number of likely N-dealkylation sites (tertiary alicyclic amines) is 1. The topological polar surface area (TPSA) is 63.9 Å². The number of piperidine rings is 1. The zero-order valence-electron chi connectivity index (χ0n) is 21.3. The summed E-state index contributed by atoms with van der Waals surface area (Å²) in [6.07, 6.45) is 8.88. The van der Waals surface area contributed by atoms with Gasteiger partial charge in [-0.05, 0) is 95.7 Å². The Labute approximate surface area is 208 Å². The Bertz CT molecular complexity index is 1120. The van der Waals surface area contributed by atoms with Crippen molar-refractivity contribution in [3.8, 4) is 11.6 Å². The van der Waals surface area contributed by atoms with Gasteiger partial charge < -0.3 is 18.9 Å². The summed E-state index contributed by atoms with van der Waals surface area (Å²) in [4.78, 5) is 9.01. The van der Waals surface area contributed by atoms with Gasteiger partial charge in [0.05, 0.1) is 25.0 Å². The number of ether oxygens (including phenoxy) is 2. The third-order valence-corrected chi connectivity index (χ3v) is 7.36. The molecule has 1 aliphatic heterocycles. The van der Waals surface area contributed by atoms with E-state index in [4.69, 9.17) is 14.0 Å². The number of pyridine rings is 1. The lowest BCUT2D eigenvalue weighted by molar-refractivity contribution is 0.170. The summed E-state index contributed by atoms with van der Waals surface area (Å²) in [6.45, 7) is 4.71. The molecule has 7 nitrogen and oxygen atoms in total. The first-order valence-electron chi connectivity index (χ1n) is 13.0. The molecule has 0 amide bonds. The quantitative estimate of drug-likeness (QED) is 0.387. The van der Waals surface area contributed by atoms with Gasteiger partial charge in [0.15, 0.2) is 5.58 Å². The molecule has 2 fully saturated rings. The molecule has 1 aliphatic carbocycles. The standard InChI is InChI=1S/C28H38N4O3/c1-31(2)18-24-26(34-19-21-6-7-21)11-9-23-25(30-35-27(23)24)10-8-20-12-15-32(16-13-20)17-22-5-4-14-29-28(22)33-3/h4-5,9,11,14,20-21H,6-8,10,12-13,15-19H2,1-3H3. The molecule has 0 radical (unpaired) electrons. The molecular weight excluding hydrogens is 440 g/mol. The molecule has 1 aromatic carbocycles. The zero-order chi connectivity index (χ0) is 24.2. The van der Waals surface area contributed by atoms with Gasteiger partial charge in [0.25, 0.3) is 0 Å². The Morgan fingerprint density at radius 1 is 1.09 bits per heavy atom. The largest absolute Gasteiger partial charge is 0.493 e. The van der Waals surface area contributed by atoms with Gasteiger partial charge in [-0.25, -0.2) is 4.98 Å². The number of aromatic nitrogens is 2. The van der Waals surface area contributed by atoms with E-state index in [1.165, 1.54) is 25.7 Å². The number of benzene rings is 1. The maximum Gasteiger partial charge on any atom is 0.217 e. The van der Waals surface area contributed by atoms with Crippen molar-refractivity contribution in [3.05, 3.63) is 47.3 Å². The van der Waals surface area contributed by atoms with Gasteiger partial charge in [0.2, 0.25) is 5.88 Å². The summed E-state index contributed by atoms with van der Waals surface area (Å²) < 4.78 is 17.5. The highest BCUT2D eigenvalue weighted by atomic mass is 16.5. The number of nitrogens with zero attached hydrogens (tertiary/aromatic N) is 4. The fraction of sp³-hybridized carbons (Fsp3) is 0.571. The van der Waals surface area contributed by atoms with E-state index in [-0.39, 0.29) is 0 Å². The molecule has 5 rings (SSSR count). The van der Waals surface area contributed by atoms with Gasteiger partial charge in [-0.2, -0.15) is 0 Å². The predicted octanol–water partition coefficient (Wildman–Crippen LogP) is 4.93. The minimum Gasteiger partial charge on any atom is -0.493 e. The molecule has 35 heavy (non-hydrogen) atoms. The highest BCUT2D eigenvalue weighted by Gasteiger charge is 2.25. The minimum atomic E-state index is 0.719. The van der Waals surface area contributed by atoms with E-state index in [1.807, 2.05) is 6.07 Å². The van der Waals surface area contributed by atoms with Gasteiger partial charge in [0.1, 0.15) is 5.75 Å². The number of hydrogen-bond acceptors (Lipinski definition) is 7. The first kappa shape index (κ1) is 24.1. The third kappa shape index (κ3) is 5.96. The molecule has 3 aromatic rings. The summed E-state index contributed by atoms with van der Waals surface area (Å²) >= 11 is 0. The number of methoxy groups -OCH3 is 1. The average molecular weight is 479 g/mol. The first-order chi connectivity index (χ1) is 17.1. The maximum absolute atomic E-state index is 6.17. The van der Waals surface area contributed by atoms with Crippen molar-refractivity contribution in [3.63, 3.8) is 0 Å². The van der Waals surface area contributed by atoms with Crippen LogP contribution in [-0.4, -0.2) is 60.8 Å². The Balaban J connectivity index is 1.19. The van der Waals surface area contributed by atoms with E-state index in [0.717, 1.165) is 96.9 Å². The van der Waals surface area contributed by atoms with Crippen LogP contribution in [0.5, 0.6) is 11.6 Å². The smallest absolute Gasteiger partial charge is 0.217 e. The third-order valence-electron chi connectivity index (χ3n) is 7.36. The van der Waals surface area contributed by atoms with E-state index in [2.05, 4.69) is 52.2 Å². The Morgan fingerprint density at radius 3 is 2.66 bits per heavy atom. The summed E-state index contributed by atoms with van der Waals surface area (Å²) in [5.74, 6) is 3.12. The van der Waals surface area contributed by atoms with Crippen LogP contribution in [0.15, 0.2) is 35.0 Å². The first-order valence-corrected chi connectivity index (χ1v) is 13.0. The van der Waals surface area contributed by atoms with Crippen molar-refractivity contribution in [2.75, 3.05) is 40.9 Å². The van der Waals surface area contributed by atoms with Gasteiger partial charge >= 0.3 is 0 Å². The molecule has 0 bridgehead atoms. The van der Waals surface area contributed by atoms with Crippen LogP contribution in [0, 0.1) is 11.8 Å². The Kier molecular flexibility index (Phi) is 7.54. The van der Waals surface area contributed by atoms with Crippen molar-refractivity contribution in [1.82, 2.24) is 19.9 Å². The van der Waals surface area contributed by atoms with Crippen molar-refractivity contribution in [2.24, 2.45) is 11.8 Å². The number of rotatable bonds is 11. The lowest BCUT2D eigenvalue weighted by Crippen LogP contribution is -2.33. The molecule has 0 unspecified atom stereocenters. The van der Waals surface area contributed by atoms with Crippen LogP contribution in [0.1, 0.15) is 48.9 Å². The van der Waals surface area contributed by atoms with Gasteiger partial charge in [-0.1, -0.05) is 11.2 Å². The molecule has 2 aliphatic rings. The van der Waals surface area contributed by atoms with Gasteiger partial charge in [0, 0.05) is 30.2 Å². The molecule has 0 N–H and O–H groups in total. The van der Waals surface area contributed by atoms with Crippen LogP contribution in [0.2, 0.25) is 0 Å². The highest BCUT2D eigenvalue weighted by Crippen LogP contribution is 2.35. The zero-order valence-corrected chi connectivity index (χ0v) is 21.3. The highest BCUT2D eigenvalue weighted by molar-refractivity contribution is 5.84. The molecular formula is C28H38N4O3. The average Bonchev–Trinajstić information content (AvgIpc) is 3.61. The summed E-state index contributed by atoms with van der Waals surface area (Å²) in [5.41, 5.74) is 4.25. The number of hydrogen-bond donors (Lipinski definition) is 0. The second-order valence-electron chi connectivity index (χ2n) is 10.5. The fourth-order valence-electron chi connectivity index (χ4n) is 5.11. The normalized spacial score (nSPS) is 17.4. The predicted molar refractivity (Wildman–Crippen MR) is 137 cm³/mol. The van der Waals surface area contributed by atoms with Crippen molar-refractivity contribution in [1.29, 1.82) is 0 Å². The summed E-state index contributed by atoms with van der Waals surface area (Å²) in [6, 6.07) is 8.36. The number of fused-ring (bicyclic) bond motifs is 1. The van der Waals surface area contributed by atoms with E-state index in [9.17, 15) is 0 Å². The number of aryl methyl sites for hydroxylation is 1. The van der Waals surface area contributed by atoms with E-state index < -0.39 is 0 Å². The molecule has 0 spiro atoms. The molecule has 1 saturated heterocycles. The van der Waals surface area contributed by atoms with Gasteiger partial charge in [-0.3, -0.25) is 4.90 Å². The SMILES string of the molecule is COc1ncccc1CN1CCC(CCc2noc3c(CN(C)C)c(OCC4CC4)ccc23)CC1. The maximum atomic E-state index is 6.17. The van der Waals surface area contributed by atoms with Crippen LogP contribution in [0.25, 0.3) is 11.0 Å². The van der Waals surface area contributed by atoms with E-state index in [0.29, 0.717) is 0 Å². The Morgan fingerprint density at radius 2 is 1.91 bits per heavy atom. The summed E-state index contributed by atoms with van der Waals surface area (Å²) in [7, 11) is 5.85. The fourth-order valence-corrected chi connectivity index (χ4v) is 5.11. The summed E-state index contributed by atoms with van der Waals surface area (Å²) in [5, 5.41) is 5.65. The van der Waals surface area contributed by atoms with Gasteiger partial charge in [-0.15, -0.1) is 0 Å². The van der Waals surface area contributed by atoms with Crippen LogP contribution in [0.4, 0.5) is 0 Å². The Hall–Kier alpha value is -2.64. The van der Waals surface area contributed by atoms with Crippen molar-refractivity contribution < 1.29 is 14.0 Å². The van der Waals surface area contributed by atoms with Crippen molar-refractivity contribution in [2.45, 2.75) is 51.6 Å². The molecule has 3 heterocycles. The van der Waals surface area contributed by atoms with Crippen molar-refractivity contribution >= 4 is 11.0 Å². The minimum absolute atomic E-state index is 0.719. The van der Waals surface area contributed by atoms with Crippen LogP contribution in [-0.2, 0) is 19.5 Å². The van der Waals surface area contributed by atoms with Crippen LogP contribution < -0.4 is 9.47 Å². The monoisotopic (exact) mass is 478 g/mol. The molecule has 1 saturated carbocycles. The molecule has 2 aromatic heterocycles. The second-order valence-corrected chi connectivity index (χ2v) is 10.5.